The van der Waals surface area contributed by atoms with E-state index in [0.717, 1.165) is 0 Å². The molecule has 51 heavy (non-hydrogen) atoms. The van der Waals surface area contributed by atoms with E-state index >= 15 is 0 Å². The number of pyridine rings is 1. The molecule has 0 radical (unpaired) electrons. The highest BCUT2D eigenvalue weighted by molar-refractivity contribution is 5.98. The van der Waals surface area contributed by atoms with E-state index in [2.05, 4.69) is 15.5 Å². The first-order chi connectivity index (χ1) is 24.6. The summed E-state index contributed by atoms with van der Waals surface area (Å²) in [6.45, 7) is 1.99. The lowest BCUT2D eigenvalue weighted by Gasteiger charge is -2.23. The number of Topliss-reactive ketones (excluding diaryl/α,β-unsaturated/α-hetero) is 1. The number of aromatic hydroxyl groups is 2. The second-order valence-electron chi connectivity index (χ2n) is 12.5. The number of cyclic esters (lactones) is 1. The molecule has 5 rings (SSSR count). The zero-order valence-corrected chi connectivity index (χ0v) is 28.7. The number of ether oxygens (including phenoxy) is 2. The first-order valence-corrected chi connectivity index (χ1v) is 17.0. The van der Waals surface area contributed by atoms with E-state index in [1.165, 1.54) is 23.8 Å². The fraction of sp³-hybridized carbons (Fsp3) is 0.368. The number of nitrogens with zero attached hydrogens (tertiary/aromatic N) is 3. The van der Waals surface area contributed by atoms with Gasteiger partial charge in [0, 0.05) is 56.0 Å². The molecule has 0 spiro atoms. The van der Waals surface area contributed by atoms with Crippen LogP contribution in [0, 0.1) is 0 Å². The number of phenols is 2. The zero-order valence-electron chi connectivity index (χ0n) is 28.7. The average molecular weight is 699 g/mol. The Morgan fingerprint density at radius 1 is 1.10 bits per heavy atom. The lowest BCUT2D eigenvalue weighted by atomic mass is 9.84. The van der Waals surface area contributed by atoms with Crippen molar-refractivity contribution in [3.63, 3.8) is 0 Å². The second kappa shape index (κ2) is 17.3. The number of carbonyl (C=O) groups is 3. The van der Waals surface area contributed by atoms with Crippen molar-refractivity contribution in [1.82, 2.24) is 20.0 Å². The van der Waals surface area contributed by atoms with Gasteiger partial charge in [-0.3, -0.25) is 14.4 Å². The van der Waals surface area contributed by atoms with Crippen LogP contribution in [0.1, 0.15) is 96.6 Å². The minimum absolute atomic E-state index is 0.00209. The predicted octanol–water partition coefficient (Wildman–Crippen LogP) is 5.06. The van der Waals surface area contributed by atoms with Gasteiger partial charge in [-0.05, 0) is 68.0 Å². The van der Waals surface area contributed by atoms with Crippen LogP contribution in [0.2, 0.25) is 0 Å². The number of aromatic nitrogens is 3. The van der Waals surface area contributed by atoms with Crippen molar-refractivity contribution < 1.29 is 38.6 Å². The minimum Gasteiger partial charge on any atom is -0.507 e. The monoisotopic (exact) mass is 698 g/mol. The fourth-order valence-corrected chi connectivity index (χ4v) is 6.01. The fourth-order valence-electron chi connectivity index (χ4n) is 6.01. The van der Waals surface area contributed by atoms with Crippen LogP contribution in [0.25, 0.3) is 6.08 Å². The Morgan fingerprint density at radius 2 is 1.88 bits per heavy atom. The molecular formula is C38H42N4O9. The van der Waals surface area contributed by atoms with E-state index in [0.29, 0.717) is 55.7 Å². The molecule has 2 aromatic carbocycles. The molecule has 13 nitrogen and oxygen atoms in total. The van der Waals surface area contributed by atoms with Crippen LogP contribution in [0.5, 0.6) is 17.2 Å². The third-order valence-electron chi connectivity index (χ3n) is 8.69. The van der Waals surface area contributed by atoms with E-state index in [9.17, 15) is 29.4 Å². The van der Waals surface area contributed by atoms with Gasteiger partial charge in [0.25, 0.3) is 5.56 Å². The Balaban J connectivity index is 1.39. The lowest BCUT2D eigenvalue weighted by Crippen LogP contribution is -2.28. The Bertz CT molecular complexity index is 1930. The highest BCUT2D eigenvalue weighted by atomic mass is 16.5. The van der Waals surface area contributed by atoms with Crippen LogP contribution >= 0.6 is 0 Å². The number of ketones is 1. The van der Waals surface area contributed by atoms with E-state index in [1.54, 1.807) is 61.7 Å². The molecular weight excluding hydrogens is 656 g/mol. The van der Waals surface area contributed by atoms with Gasteiger partial charge in [0.15, 0.2) is 5.82 Å². The van der Waals surface area contributed by atoms with E-state index < -0.39 is 29.6 Å². The molecule has 268 valence electrons. The van der Waals surface area contributed by atoms with Crippen molar-refractivity contribution in [3.05, 3.63) is 105 Å². The normalized spacial score (nSPS) is 16.1. The molecule has 4 aromatic rings. The number of esters is 1. The van der Waals surface area contributed by atoms with Crippen molar-refractivity contribution >= 4 is 23.7 Å². The standard InChI is InChI=1S/C38H42N4O9/c1-24-9-8-12-27(43)11-5-3-4-10-26-21-30(44)36(37(47)35(26)38(48)50-24)29(25-14-16-28(49-2)17-15-25)22-32(45)39-19-18-31-40-33(51-41-31)23-42-20-7-6-13-34(42)46/h4,6-7,10,13-17,20-21,24,29,44,47H,3,5,8-9,11-12,18-19,22-23H2,1-2H3,(H,39,45)/t24-,29?/m0/s1. The van der Waals surface area contributed by atoms with Gasteiger partial charge in [-0.2, -0.15) is 4.98 Å². The van der Waals surface area contributed by atoms with Crippen LogP contribution in [0.4, 0.5) is 0 Å². The Labute approximate surface area is 294 Å². The number of hydrogen-bond donors (Lipinski definition) is 3. The van der Waals surface area contributed by atoms with Gasteiger partial charge in [-0.1, -0.05) is 35.5 Å². The second-order valence-corrected chi connectivity index (χ2v) is 12.5. The van der Waals surface area contributed by atoms with Gasteiger partial charge in [0.05, 0.1) is 13.2 Å². The van der Waals surface area contributed by atoms with E-state index in [-0.39, 0.29) is 65.6 Å². The largest absolute Gasteiger partial charge is 0.507 e. The average Bonchev–Trinajstić information content (AvgIpc) is 3.55. The lowest BCUT2D eigenvalue weighted by molar-refractivity contribution is -0.121. The summed E-state index contributed by atoms with van der Waals surface area (Å²) in [5, 5.41) is 29.9. The summed E-state index contributed by atoms with van der Waals surface area (Å²) in [6.07, 6.45) is 7.64. The van der Waals surface area contributed by atoms with Crippen molar-refractivity contribution in [2.75, 3.05) is 13.7 Å². The smallest absolute Gasteiger partial charge is 0.342 e. The Hall–Kier alpha value is -5.72. The highest BCUT2D eigenvalue weighted by Gasteiger charge is 2.31. The first kappa shape index (κ1) is 36.6. The molecule has 0 fully saturated rings. The van der Waals surface area contributed by atoms with E-state index in [4.69, 9.17) is 14.0 Å². The summed E-state index contributed by atoms with van der Waals surface area (Å²) in [6, 6.07) is 13.0. The van der Waals surface area contributed by atoms with Crippen molar-refractivity contribution in [2.45, 2.75) is 76.9 Å². The molecule has 0 saturated carbocycles. The van der Waals surface area contributed by atoms with E-state index in [1.807, 2.05) is 0 Å². The van der Waals surface area contributed by atoms with Crippen molar-refractivity contribution in [2.24, 2.45) is 0 Å². The summed E-state index contributed by atoms with van der Waals surface area (Å²) < 4.78 is 17.7. The summed E-state index contributed by atoms with van der Waals surface area (Å²) in [5.74, 6) is -1.53. The number of methoxy groups -OCH3 is 1. The summed E-state index contributed by atoms with van der Waals surface area (Å²) in [4.78, 5) is 55.5. The number of hydrogen-bond acceptors (Lipinski definition) is 11. The summed E-state index contributed by atoms with van der Waals surface area (Å²) in [5.41, 5.74) is 0.505. The van der Waals surface area contributed by atoms with Gasteiger partial charge in [-0.15, -0.1) is 0 Å². The molecule has 1 unspecified atom stereocenters. The van der Waals surface area contributed by atoms with Crippen LogP contribution in [0.3, 0.4) is 0 Å². The molecule has 3 heterocycles. The SMILES string of the molecule is COc1ccc(C(CC(=O)NCCc2noc(Cn3ccccc3=O)n2)c2c(O)cc3c(c2O)C(=O)O[C@@H](C)CCCC(=O)CCCC=C3)cc1. The molecule has 0 bridgehead atoms. The molecule has 0 saturated heterocycles. The number of benzene rings is 2. The molecule has 3 N–H and O–H groups in total. The third-order valence-corrected chi connectivity index (χ3v) is 8.69. The van der Waals surface area contributed by atoms with Crippen LogP contribution < -0.4 is 15.6 Å². The number of rotatable bonds is 10. The Kier molecular flexibility index (Phi) is 12.4. The van der Waals surface area contributed by atoms with Gasteiger partial charge in [0.2, 0.25) is 11.8 Å². The molecule has 1 aliphatic heterocycles. The number of allylic oxidation sites excluding steroid dienone is 1. The predicted molar refractivity (Wildman–Crippen MR) is 187 cm³/mol. The zero-order chi connectivity index (χ0) is 36.3. The maximum atomic E-state index is 13.6. The van der Waals surface area contributed by atoms with Gasteiger partial charge in [0.1, 0.15) is 35.1 Å². The maximum Gasteiger partial charge on any atom is 0.342 e. The number of nitrogens with one attached hydrogen (secondary N) is 1. The van der Waals surface area contributed by atoms with Gasteiger partial charge >= 0.3 is 5.97 Å². The molecule has 1 aliphatic rings. The molecule has 0 aliphatic carbocycles. The maximum absolute atomic E-state index is 13.6. The first-order valence-electron chi connectivity index (χ1n) is 17.0. The Morgan fingerprint density at radius 3 is 2.65 bits per heavy atom. The number of fused-ring (bicyclic) bond motifs is 1. The quantitative estimate of drug-likeness (QED) is 0.188. The number of phenolic OH excluding ortho intramolecular Hbond substituents is 2. The summed E-state index contributed by atoms with van der Waals surface area (Å²) in [7, 11) is 1.53. The number of amides is 1. The third kappa shape index (κ3) is 9.71. The number of carbonyl (C=O) groups excluding carboxylic acids is 3. The molecule has 2 aromatic heterocycles. The molecule has 13 heteroatoms. The van der Waals surface area contributed by atoms with Crippen LogP contribution in [-0.2, 0) is 27.3 Å². The van der Waals surface area contributed by atoms with Crippen molar-refractivity contribution in [1.29, 1.82) is 0 Å². The van der Waals surface area contributed by atoms with Gasteiger partial charge < -0.3 is 34.1 Å². The molecule has 2 atom stereocenters. The highest BCUT2D eigenvalue weighted by Crippen LogP contribution is 2.44. The van der Waals surface area contributed by atoms with Crippen molar-refractivity contribution in [3.8, 4) is 17.2 Å². The van der Waals surface area contributed by atoms with Crippen LogP contribution in [0.15, 0.2) is 70.1 Å². The summed E-state index contributed by atoms with van der Waals surface area (Å²) >= 11 is 0. The van der Waals surface area contributed by atoms with Crippen LogP contribution in [-0.4, -0.2) is 62.3 Å². The minimum atomic E-state index is -0.879. The topological polar surface area (TPSA) is 183 Å². The molecule has 1 amide bonds. The van der Waals surface area contributed by atoms with Gasteiger partial charge in [-0.25, -0.2) is 4.79 Å².